The van der Waals surface area contributed by atoms with Crippen LogP contribution in [0.25, 0.3) is 0 Å². The number of nitrogens with one attached hydrogen (secondary N) is 1. The molecular formula is C25H26N2O4. The Kier molecular flexibility index (Phi) is 7.27. The molecule has 0 heterocycles. The van der Waals surface area contributed by atoms with Gasteiger partial charge in [-0.05, 0) is 42.8 Å². The molecule has 3 aromatic rings. The highest BCUT2D eigenvalue weighted by Crippen LogP contribution is 2.18. The van der Waals surface area contributed by atoms with E-state index < -0.39 is 0 Å². The summed E-state index contributed by atoms with van der Waals surface area (Å²) < 4.78 is 11.0. The molecule has 0 unspecified atom stereocenters. The molecule has 0 radical (unpaired) electrons. The van der Waals surface area contributed by atoms with Crippen LogP contribution in [0.2, 0.25) is 0 Å². The van der Waals surface area contributed by atoms with Crippen molar-refractivity contribution in [2.24, 2.45) is 0 Å². The third-order valence-electron chi connectivity index (χ3n) is 4.65. The van der Waals surface area contributed by atoms with E-state index in [0.29, 0.717) is 29.4 Å². The molecule has 6 nitrogen and oxygen atoms in total. The van der Waals surface area contributed by atoms with Crippen molar-refractivity contribution in [1.82, 2.24) is 4.90 Å². The summed E-state index contributed by atoms with van der Waals surface area (Å²) in [4.78, 5) is 26.5. The molecule has 0 saturated heterocycles. The average Bonchev–Trinajstić information content (AvgIpc) is 2.77. The van der Waals surface area contributed by atoms with Gasteiger partial charge in [0.05, 0.1) is 13.7 Å². The zero-order valence-electron chi connectivity index (χ0n) is 17.9. The van der Waals surface area contributed by atoms with Crippen molar-refractivity contribution in [3.63, 3.8) is 0 Å². The number of nitrogens with zero attached hydrogens (tertiary/aromatic N) is 1. The first-order valence-electron chi connectivity index (χ1n) is 9.92. The highest BCUT2D eigenvalue weighted by Gasteiger charge is 2.16. The Hall–Kier alpha value is -3.80. The fourth-order valence-corrected chi connectivity index (χ4v) is 3.10. The maximum absolute atomic E-state index is 12.8. The topological polar surface area (TPSA) is 67.9 Å². The number of ether oxygens (including phenoxy) is 2. The third-order valence-corrected chi connectivity index (χ3v) is 4.65. The highest BCUT2D eigenvalue weighted by atomic mass is 16.5. The molecule has 1 N–H and O–H groups in total. The van der Waals surface area contributed by atoms with Crippen LogP contribution in [0.15, 0.2) is 72.8 Å². The number of likely N-dealkylation sites (N-methyl/N-ethyl adjacent to an activating group) is 1. The lowest BCUT2D eigenvalue weighted by Gasteiger charge is -2.17. The largest absolute Gasteiger partial charge is 0.497 e. The Morgan fingerprint density at radius 2 is 1.68 bits per heavy atom. The second-order valence-corrected chi connectivity index (χ2v) is 7.25. The van der Waals surface area contributed by atoms with Gasteiger partial charge in [0, 0.05) is 24.4 Å². The lowest BCUT2D eigenvalue weighted by Crippen LogP contribution is -2.34. The first-order valence-corrected chi connectivity index (χ1v) is 9.92. The molecule has 0 atom stereocenters. The van der Waals surface area contributed by atoms with Gasteiger partial charge in [-0.3, -0.25) is 9.59 Å². The molecule has 0 bridgehead atoms. The summed E-state index contributed by atoms with van der Waals surface area (Å²) in [7, 11) is 3.15. The molecule has 0 aliphatic rings. The molecule has 0 spiro atoms. The Morgan fingerprint density at radius 1 is 0.935 bits per heavy atom. The molecule has 3 aromatic carbocycles. The van der Waals surface area contributed by atoms with E-state index in [1.165, 1.54) is 10.5 Å². The molecule has 31 heavy (non-hydrogen) atoms. The number of carbonyl (C=O) groups excluding carboxylic acids is 2. The summed E-state index contributed by atoms with van der Waals surface area (Å²) in [6, 6.07) is 22.1. The Bertz CT molecular complexity index is 1060. The molecule has 3 rings (SSSR count). The van der Waals surface area contributed by atoms with E-state index in [9.17, 15) is 9.59 Å². The standard InChI is InChI=1S/C25H26N2O4/c1-18-7-4-8-19(13-18)17-31-23-12-5-9-20(14-23)25(29)27(2)16-24(28)26-21-10-6-11-22(15-21)30-3/h4-15H,16-17H2,1-3H3,(H,26,28). The number of methoxy groups -OCH3 is 1. The number of hydrogen-bond donors (Lipinski definition) is 1. The van der Waals surface area contributed by atoms with Gasteiger partial charge in [0.15, 0.2) is 0 Å². The quantitative estimate of drug-likeness (QED) is 0.593. The minimum Gasteiger partial charge on any atom is -0.497 e. The predicted molar refractivity (Wildman–Crippen MR) is 121 cm³/mol. The van der Waals surface area contributed by atoms with Crippen molar-refractivity contribution in [1.29, 1.82) is 0 Å². The minimum absolute atomic E-state index is 0.0789. The summed E-state index contributed by atoms with van der Waals surface area (Å²) in [5.74, 6) is 0.684. The molecule has 6 heteroatoms. The van der Waals surface area contributed by atoms with Crippen LogP contribution in [0.1, 0.15) is 21.5 Å². The van der Waals surface area contributed by atoms with Gasteiger partial charge >= 0.3 is 0 Å². The van der Waals surface area contributed by atoms with Gasteiger partial charge in [0.2, 0.25) is 5.91 Å². The Labute approximate surface area is 182 Å². The smallest absolute Gasteiger partial charge is 0.254 e. The van der Waals surface area contributed by atoms with Crippen LogP contribution in [-0.4, -0.2) is 37.4 Å². The van der Waals surface area contributed by atoms with E-state index in [2.05, 4.69) is 11.4 Å². The average molecular weight is 418 g/mol. The number of benzene rings is 3. The summed E-state index contributed by atoms with van der Waals surface area (Å²) in [6.07, 6.45) is 0. The van der Waals surface area contributed by atoms with Crippen LogP contribution in [-0.2, 0) is 11.4 Å². The van der Waals surface area contributed by atoms with Crippen LogP contribution in [0, 0.1) is 6.92 Å². The zero-order chi connectivity index (χ0) is 22.2. The second kappa shape index (κ2) is 10.3. The first kappa shape index (κ1) is 21.9. The lowest BCUT2D eigenvalue weighted by atomic mass is 10.1. The number of anilines is 1. The van der Waals surface area contributed by atoms with Gasteiger partial charge in [-0.1, -0.05) is 42.0 Å². The molecular weight excluding hydrogens is 392 g/mol. The van der Waals surface area contributed by atoms with Crippen molar-refractivity contribution in [3.05, 3.63) is 89.5 Å². The van der Waals surface area contributed by atoms with Crippen molar-refractivity contribution < 1.29 is 19.1 Å². The van der Waals surface area contributed by atoms with Crippen molar-refractivity contribution in [3.8, 4) is 11.5 Å². The molecule has 2 amide bonds. The van der Waals surface area contributed by atoms with Crippen LogP contribution in [0.5, 0.6) is 11.5 Å². The van der Waals surface area contributed by atoms with Crippen molar-refractivity contribution >= 4 is 17.5 Å². The van der Waals surface area contributed by atoms with Gasteiger partial charge < -0.3 is 19.7 Å². The summed E-state index contributed by atoms with van der Waals surface area (Å²) in [5, 5.41) is 2.77. The number of rotatable bonds is 8. The van der Waals surface area contributed by atoms with E-state index in [-0.39, 0.29) is 18.4 Å². The monoisotopic (exact) mass is 418 g/mol. The van der Waals surface area contributed by atoms with E-state index in [1.54, 1.807) is 56.6 Å². The van der Waals surface area contributed by atoms with Crippen molar-refractivity contribution in [2.75, 3.05) is 26.0 Å². The van der Waals surface area contributed by atoms with Crippen LogP contribution >= 0.6 is 0 Å². The molecule has 0 aliphatic heterocycles. The first-order chi connectivity index (χ1) is 14.9. The lowest BCUT2D eigenvalue weighted by molar-refractivity contribution is -0.116. The van der Waals surface area contributed by atoms with Crippen molar-refractivity contribution in [2.45, 2.75) is 13.5 Å². The maximum atomic E-state index is 12.8. The zero-order valence-corrected chi connectivity index (χ0v) is 17.9. The fraction of sp³-hybridized carbons (Fsp3) is 0.200. The number of carbonyl (C=O) groups is 2. The van der Waals surface area contributed by atoms with Gasteiger partial charge in [0.25, 0.3) is 5.91 Å². The third kappa shape index (κ3) is 6.34. The molecule has 0 aliphatic carbocycles. The number of hydrogen-bond acceptors (Lipinski definition) is 4. The number of aryl methyl sites for hydroxylation is 1. The second-order valence-electron chi connectivity index (χ2n) is 7.25. The predicted octanol–water partition coefficient (Wildman–Crippen LogP) is 4.29. The molecule has 160 valence electrons. The van der Waals surface area contributed by atoms with E-state index >= 15 is 0 Å². The molecule has 0 saturated carbocycles. The molecule has 0 fully saturated rings. The highest BCUT2D eigenvalue weighted by molar-refractivity contribution is 5.99. The summed E-state index contributed by atoms with van der Waals surface area (Å²) >= 11 is 0. The van der Waals surface area contributed by atoms with Crippen LogP contribution in [0.3, 0.4) is 0 Å². The fourth-order valence-electron chi connectivity index (χ4n) is 3.10. The number of amides is 2. The summed E-state index contributed by atoms with van der Waals surface area (Å²) in [5.41, 5.74) is 3.29. The van der Waals surface area contributed by atoms with Gasteiger partial charge in [0.1, 0.15) is 18.1 Å². The van der Waals surface area contributed by atoms with Gasteiger partial charge in [-0.25, -0.2) is 0 Å². The maximum Gasteiger partial charge on any atom is 0.254 e. The SMILES string of the molecule is COc1cccc(NC(=O)CN(C)C(=O)c2cccc(OCc3cccc(C)c3)c2)c1. The normalized spacial score (nSPS) is 10.3. The Balaban J connectivity index is 1.58. The van der Waals surface area contributed by atoms with Gasteiger partial charge in [-0.15, -0.1) is 0 Å². The van der Waals surface area contributed by atoms with Crippen LogP contribution < -0.4 is 14.8 Å². The summed E-state index contributed by atoms with van der Waals surface area (Å²) in [6.45, 7) is 2.37. The van der Waals surface area contributed by atoms with E-state index in [1.807, 2.05) is 31.2 Å². The minimum atomic E-state index is -0.295. The van der Waals surface area contributed by atoms with Gasteiger partial charge in [-0.2, -0.15) is 0 Å². The van der Waals surface area contributed by atoms with E-state index in [4.69, 9.17) is 9.47 Å². The van der Waals surface area contributed by atoms with E-state index in [0.717, 1.165) is 5.56 Å². The Morgan fingerprint density at radius 3 is 2.45 bits per heavy atom. The molecule has 0 aromatic heterocycles. The van der Waals surface area contributed by atoms with Crippen LogP contribution in [0.4, 0.5) is 5.69 Å².